The first kappa shape index (κ1) is 20.2. The van der Waals surface area contributed by atoms with Gasteiger partial charge in [0.1, 0.15) is 11.6 Å². The Balaban J connectivity index is 1.26. The summed E-state index contributed by atoms with van der Waals surface area (Å²) in [5, 5.41) is 0. The minimum Gasteiger partial charge on any atom is -0.497 e. The lowest BCUT2D eigenvalue weighted by molar-refractivity contribution is 0.171. The van der Waals surface area contributed by atoms with Crippen molar-refractivity contribution in [2.24, 2.45) is 0 Å². The van der Waals surface area contributed by atoms with Crippen molar-refractivity contribution in [2.75, 3.05) is 51.3 Å². The van der Waals surface area contributed by atoms with Crippen molar-refractivity contribution in [1.82, 2.24) is 9.80 Å². The molecule has 2 aliphatic rings. The van der Waals surface area contributed by atoms with Crippen LogP contribution in [-0.4, -0.2) is 62.2 Å². The lowest BCUT2D eigenvalue weighted by Gasteiger charge is -2.39. The van der Waals surface area contributed by atoms with Gasteiger partial charge >= 0.3 is 0 Å². The molecule has 29 heavy (non-hydrogen) atoms. The summed E-state index contributed by atoms with van der Waals surface area (Å²) >= 11 is 0. The second-order valence-corrected chi connectivity index (χ2v) is 8.21. The van der Waals surface area contributed by atoms with Crippen LogP contribution in [0.3, 0.4) is 0 Å². The van der Waals surface area contributed by atoms with Gasteiger partial charge in [-0.1, -0.05) is 12.1 Å². The van der Waals surface area contributed by atoms with Crippen molar-refractivity contribution in [3.8, 4) is 5.75 Å². The van der Waals surface area contributed by atoms with Crippen LogP contribution in [0.1, 0.15) is 24.8 Å². The maximum atomic E-state index is 13.5. The third kappa shape index (κ3) is 5.28. The summed E-state index contributed by atoms with van der Waals surface area (Å²) in [5.74, 6) is 0.776. The van der Waals surface area contributed by atoms with Crippen molar-refractivity contribution >= 4 is 5.69 Å². The van der Waals surface area contributed by atoms with E-state index >= 15 is 0 Å². The Morgan fingerprint density at radius 2 is 1.72 bits per heavy atom. The number of piperidine rings is 1. The number of halogens is 1. The van der Waals surface area contributed by atoms with Gasteiger partial charge in [0.05, 0.1) is 7.11 Å². The van der Waals surface area contributed by atoms with E-state index < -0.39 is 0 Å². The van der Waals surface area contributed by atoms with Crippen molar-refractivity contribution in [2.45, 2.75) is 31.8 Å². The molecule has 2 aromatic carbocycles. The molecular formula is C24H32FN3O. The van der Waals surface area contributed by atoms with Gasteiger partial charge in [-0.3, -0.25) is 9.80 Å². The second-order valence-electron chi connectivity index (χ2n) is 8.21. The van der Waals surface area contributed by atoms with E-state index in [4.69, 9.17) is 4.74 Å². The first-order chi connectivity index (χ1) is 14.2. The van der Waals surface area contributed by atoms with Gasteiger partial charge in [-0.15, -0.1) is 0 Å². The third-order valence-corrected chi connectivity index (χ3v) is 6.34. The van der Waals surface area contributed by atoms with Crippen LogP contribution >= 0.6 is 0 Å². The van der Waals surface area contributed by atoms with Crippen molar-refractivity contribution < 1.29 is 9.13 Å². The summed E-state index contributed by atoms with van der Waals surface area (Å²) in [7, 11) is 1.71. The number of nitrogens with zero attached hydrogens (tertiary/aromatic N) is 3. The molecule has 0 unspecified atom stereocenters. The van der Waals surface area contributed by atoms with Crippen LogP contribution < -0.4 is 9.64 Å². The molecule has 2 fully saturated rings. The zero-order valence-corrected chi connectivity index (χ0v) is 17.4. The number of hydrogen-bond donors (Lipinski definition) is 0. The summed E-state index contributed by atoms with van der Waals surface area (Å²) in [6, 6.07) is 16.1. The van der Waals surface area contributed by atoms with E-state index in [1.54, 1.807) is 13.2 Å². The van der Waals surface area contributed by atoms with Crippen LogP contribution in [-0.2, 0) is 6.54 Å². The van der Waals surface area contributed by atoms with E-state index in [2.05, 4.69) is 26.8 Å². The van der Waals surface area contributed by atoms with Gasteiger partial charge in [-0.2, -0.15) is 0 Å². The fourth-order valence-electron chi connectivity index (χ4n) is 4.69. The quantitative estimate of drug-likeness (QED) is 0.759. The Morgan fingerprint density at radius 3 is 2.45 bits per heavy atom. The zero-order chi connectivity index (χ0) is 20.1. The second kappa shape index (κ2) is 9.59. The molecule has 2 saturated heterocycles. The van der Waals surface area contributed by atoms with E-state index in [-0.39, 0.29) is 5.82 Å². The Bertz CT molecular complexity index is 774. The van der Waals surface area contributed by atoms with E-state index in [0.717, 1.165) is 50.6 Å². The number of hydrogen-bond acceptors (Lipinski definition) is 4. The van der Waals surface area contributed by atoms with Gasteiger partial charge in [0, 0.05) is 44.5 Å². The topological polar surface area (TPSA) is 19.0 Å². The van der Waals surface area contributed by atoms with E-state index in [9.17, 15) is 4.39 Å². The predicted molar refractivity (Wildman–Crippen MR) is 116 cm³/mol. The molecule has 0 bridgehead atoms. The van der Waals surface area contributed by atoms with Crippen LogP contribution in [0.5, 0.6) is 5.75 Å². The van der Waals surface area contributed by atoms with Crippen LogP contribution in [0.2, 0.25) is 0 Å². The van der Waals surface area contributed by atoms with Crippen LogP contribution in [0.25, 0.3) is 0 Å². The minimum absolute atomic E-state index is 0.137. The van der Waals surface area contributed by atoms with Crippen LogP contribution in [0, 0.1) is 5.82 Å². The lowest BCUT2D eigenvalue weighted by Crippen LogP contribution is -2.46. The van der Waals surface area contributed by atoms with E-state index in [1.807, 2.05) is 24.3 Å². The summed E-state index contributed by atoms with van der Waals surface area (Å²) in [6.07, 6.45) is 3.62. The van der Waals surface area contributed by atoms with Crippen LogP contribution in [0.4, 0.5) is 10.1 Å². The van der Waals surface area contributed by atoms with Crippen LogP contribution in [0.15, 0.2) is 48.5 Å². The van der Waals surface area contributed by atoms with Gasteiger partial charge in [0.2, 0.25) is 0 Å². The first-order valence-electron chi connectivity index (χ1n) is 10.8. The molecule has 2 heterocycles. The maximum Gasteiger partial charge on any atom is 0.123 e. The van der Waals surface area contributed by atoms with Crippen molar-refractivity contribution in [1.29, 1.82) is 0 Å². The number of benzene rings is 2. The zero-order valence-electron chi connectivity index (χ0n) is 17.4. The number of ether oxygens (including phenoxy) is 1. The van der Waals surface area contributed by atoms with Gasteiger partial charge in [0.25, 0.3) is 0 Å². The highest BCUT2D eigenvalue weighted by Gasteiger charge is 2.26. The molecule has 0 aliphatic carbocycles. The fourth-order valence-corrected chi connectivity index (χ4v) is 4.69. The van der Waals surface area contributed by atoms with E-state index in [0.29, 0.717) is 6.04 Å². The summed E-state index contributed by atoms with van der Waals surface area (Å²) in [5.41, 5.74) is 2.37. The standard InChI is InChI=1S/C24H32FN3O/c1-29-24-8-6-22(7-9-24)28-14-10-23(11-15-28)27-13-3-12-26(16-17-27)19-20-4-2-5-21(25)18-20/h2,4-9,18,23H,3,10-17,19H2,1H3. The molecular weight excluding hydrogens is 365 g/mol. The largest absolute Gasteiger partial charge is 0.497 e. The third-order valence-electron chi connectivity index (χ3n) is 6.34. The predicted octanol–water partition coefficient (Wildman–Crippen LogP) is 4.01. The molecule has 0 N–H and O–H groups in total. The lowest BCUT2D eigenvalue weighted by atomic mass is 10.0. The molecule has 0 amide bonds. The highest BCUT2D eigenvalue weighted by molar-refractivity contribution is 5.49. The highest BCUT2D eigenvalue weighted by Crippen LogP contribution is 2.25. The molecule has 4 rings (SSSR count). The molecule has 0 radical (unpaired) electrons. The number of methoxy groups -OCH3 is 1. The Labute approximate surface area is 173 Å². The highest BCUT2D eigenvalue weighted by atomic mass is 19.1. The Morgan fingerprint density at radius 1 is 0.931 bits per heavy atom. The molecule has 4 nitrogen and oxygen atoms in total. The number of rotatable bonds is 5. The summed E-state index contributed by atoms with van der Waals surface area (Å²) in [6.45, 7) is 7.52. The fraction of sp³-hybridized carbons (Fsp3) is 0.500. The minimum atomic E-state index is -0.137. The SMILES string of the molecule is COc1ccc(N2CCC(N3CCCN(Cc4cccc(F)c4)CC3)CC2)cc1. The first-order valence-corrected chi connectivity index (χ1v) is 10.8. The summed E-state index contributed by atoms with van der Waals surface area (Å²) in [4.78, 5) is 7.65. The Hall–Kier alpha value is -2.11. The van der Waals surface area contributed by atoms with Gasteiger partial charge < -0.3 is 9.64 Å². The van der Waals surface area contributed by atoms with Crippen molar-refractivity contribution in [3.05, 3.63) is 59.9 Å². The van der Waals surface area contributed by atoms with Crippen molar-refractivity contribution in [3.63, 3.8) is 0 Å². The molecule has 156 valence electrons. The molecule has 0 atom stereocenters. The maximum absolute atomic E-state index is 13.5. The van der Waals surface area contributed by atoms with E-state index in [1.165, 1.54) is 37.6 Å². The average Bonchev–Trinajstić information content (AvgIpc) is 3.00. The van der Waals surface area contributed by atoms with Gasteiger partial charge in [0.15, 0.2) is 0 Å². The molecule has 5 heteroatoms. The monoisotopic (exact) mass is 397 g/mol. The normalized spacial score (nSPS) is 19.9. The molecule has 2 aliphatic heterocycles. The summed E-state index contributed by atoms with van der Waals surface area (Å²) < 4.78 is 18.7. The molecule has 0 spiro atoms. The van der Waals surface area contributed by atoms with Gasteiger partial charge in [-0.25, -0.2) is 4.39 Å². The Kier molecular flexibility index (Phi) is 6.67. The number of anilines is 1. The van der Waals surface area contributed by atoms with Gasteiger partial charge in [-0.05, 0) is 74.3 Å². The smallest absolute Gasteiger partial charge is 0.123 e. The molecule has 0 aromatic heterocycles. The molecule has 0 saturated carbocycles. The average molecular weight is 398 g/mol. The molecule has 2 aromatic rings.